The molecule has 0 saturated heterocycles. The summed E-state index contributed by atoms with van der Waals surface area (Å²) in [7, 11) is 1.54. The predicted molar refractivity (Wildman–Crippen MR) is 23.1 cm³/mol. The largest absolute Gasteiger partial charge is 0.479 e. The van der Waals surface area contributed by atoms with Gasteiger partial charge in [0, 0.05) is 0 Å². The van der Waals surface area contributed by atoms with Crippen LogP contribution in [0.5, 0.6) is 5.88 Å². The molecule has 1 heterocycles. The van der Waals surface area contributed by atoms with Crippen molar-refractivity contribution in [3.05, 3.63) is 12.7 Å². The predicted octanol–water partition coefficient (Wildman–Crippen LogP) is 0.683. The highest BCUT2D eigenvalue weighted by atomic mass is 16.5. The number of oxazole rings is 1. The maximum atomic E-state index is 4.65. The average Bonchev–Trinajstić information content (AvgIpc) is 2.14. The van der Waals surface area contributed by atoms with E-state index in [4.69, 9.17) is 0 Å². The van der Waals surface area contributed by atoms with E-state index < -0.39 is 0 Å². The van der Waals surface area contributed by atoms with Crippen LogP contribution in [0.25, 0.3) is 0 Å². The molecule has 1 aromatic heterocycles. The molecule has 0 radical (unpaired) electrons. The van der Waals surface area contributed by atoms with E-state index in [-0.39, 0.29) is 0 Å². The maximum absolute atomic E-state index is 4.65. The molecule has 7 heavy (non-hydrogen) atoms. The molecule has 0 unspecified atom stereocenters. The first-order chi connectivity index (χ1) is 3.43. The van der Waals surface area contributed by atoms with E-state index in [2.05, 4.69) is 14.1 Å². The Hall–Kier alpha value is -0.990. The maximum Gasteiger partial charge on any atom is 0.252 e. The van der Waals surface area contributed by atoms with E-state index in [0.29, 0.717) is 5.88 Å². The number of nitrogens with zero attached hydrogens (tertiary/aromatic N) is 1. The topological polar surface area (TPSA) is 35.3 Å². The Bertz CT molecular complexity index is 124. The van der Waals surface area contributed by atoms with Crippen LogP contribution in [0, 0.1) is 0 Å². The second kappa shape index (κ2) is 1.64. The summed E-state index contributed by atoms with van der Waals surface area (Å²) in [5, 5.41) is 0. The first-order valence-electron chi connectivity index (χ1n) is 1.85. The molecule has 0 fully saturated rings. The van der Waals surface area contributed by atoms with Crippen LogP contribution in [-0.4, -0.2) is 12.1 Å². The van der Waals surface area contributed by atoms with Crippen molar-refractivity contribution >= 4 is 0 Å². The van der Waals surface area contributed by atoms with Crippen LogP contribution in [0.2, 0.25) is 0 Å². The van der Waals surface area contributed by atoms with Crippen molar-refractivity contribution in [2.24, 2.45) is 0 Å². The van der Waals surface area contributed by atoms with Gasteiger partial charge in [-0.05, 0) is 0 Å². The SMILES string of the molecule is COc1cocn1. The number of hydrogen-bond donors (Lipinski definition) is 0. The fourth-order valence-electron chi connectivity index (χ4n) is 0.302. The summed E-state index contributed by atoms with van der Waals surface area (Å²) in [5.41, 5.74) is 0. The van der Waals surface area contributed by atoms with Gasteiger partial charge in [0.2, 0.25) is 0 Å². The van der Waals surface area contributed by atoms with E-state index in [1.54, 1.807) is 0 Å². The van der Waals surface area contributed by atoms with Crippen LogP contribution >= 0.6 is 0 Å². The Morgan fingerprint density at radius 1 is 1.86 bits per heavy atom. The second-order valence-corrected chi connectivity index (χ2v) is 1.03. The van der Waals surface area contributed by atoms with E-state index in [1.807, 2.05) is 0 Å². The Kier molecular flexibility index (Phi) is 0.978. The third-order valence-electron chi connectivity index (χ3n) is 0.619. The molecule has 0 spiro atoms. The number of ether oxygens (including phenoxy) is 1. The lowest BCUT2D eigenvalue weighted by Crippen LogP contribution is -1.78. The van der Waals surface area contributed by atoms with Gasteiger partial charge >= 0.3 is 0 Å². The first-order valence-corrected chi connectivity index (χ1v) is 1.85. The molecule has 0 aliphatic carbocycles. The molecule has 38 valence electrons. The van der Waals surface area contributed by atoms with Gasteiger partial charge in [0.15, 0.2) is 12.7 Å². The second-order valence-electron chi connectivity index (χ2n) is 1.03. The smallest absolute Gasteiger partial charge is 0.252 e. The molecule has 0 aliphatic heterocycles. The molecular weight excluding hydrogens is 94.0 g/mol. The fraction of sp³-hybridized carbons (Fsp3) is 0.250. The van der Waals surface area contributed by atoms with Crippen molar-refractivity contribution in [1.29, 1.82) is 0 Å². The van der Waals surface area contributed by atoms with Crippen LogP contribution < -0.4 is 4.74 Å². The van der Waals surface area contributed by atoms with Crippen LogP contribution in [0.4, 0.5) is 0 Å². The minimum Gasteiger partial charge on any atom is -0.479 e. The van der Waals surface area contributed by atoms with Gasteiger partial charge in [-0.15, -0.1) is 0 Å². The van der Waals surface area contributed by atoms with Crippen LogP contribution in [0.1, 0.15) is 0 Å². The Morgan fingerprint density at radius 3 is 3.00 bits per heavy atom. The fourth-order valence-corrected chi connectivity index (χ4v) is 0.302. The van der Waals surface area contributed by atoms with E-state index in [0.717, 1.165) is 0 Å². The molecular formula is C4H5NO2. The summed E-state index contributed by atoms with van der Waals surface area (Å²) < 4.78 is 9.22. The number of methoxy groups -OCH3 is 1. The molecule has 0 amide bonds. The molecule has 1 rings (SSSR count). The monoisotopic (exact) mass is 99.0 g/mol. The molecule has 0 aliphatic rings. The van der Waals surface area contributed by atoms with E-state index in [1.165, 1.54) is 19.8 Å². The lowest BCUT2D eigenvalue weighted by Gasteiger charge is -1.83. The summed E-state index contributed by atoms with van der Waals surface area (Å²) in [5.74, 6) is 0.514. The highest BCUT2D eigenvalue weighted by Gasteiger charge is 1.86. The highest BCUT2D eigenvalue weighted by Crippen LogP contribution is 2.00. The molecule has 0 atom stereocenters. The van der Waals surface area contributed by atoms with Crippen LogP contribution in [-0.2, 0) is 0 Å². The molecule has 0 N–H and O–H groups in total. The van der Waals surface area contributed by atoms with Gasteiger partial charge in [-0.3, -0.25) is 0 Å². The van der Waals surface area contributed by atoms with Gasteiger partial charge in [0.1, 0.15) is 0 Å². The summed E-state index contributed by atoms with van der Waals surface area (Å²) >= 11 is 0. The molecule has 3 nitrogen and oxygen atoms in total. The third kappa shape index (κ3) is 0.707. The van der Waals surface area contributed by atoms with Gasteiger partial charge < -0.3 is 9.15 Å². The molecule has 1 aromatic rings. The standard InChI is InChI=1S/C4H5NO2/c1-6-4-2-7-3-5-4/h2-3H,1H3. The van der Waals surface area contributed by atoms with E-state index >= 15 is 0 Å². The van der Waals surface area contributed by atoms with Crippen LogP contribution in [0.3, 0.4) is 0 Å². The third-order valence-corrected chi connectivity index (χ3v) is 0.619. The summed E-state index contributed by atoms with van der Waals surface area (Å²) in [6.07, 6.45) is 2.75. The normalized spacial score (nSPS) is 8.71. The molecule has 0 bridgehead atoms. The number of hydrogen-bond acceptors (Lipinski definition) is 3. The zero-order valence-electron chi connectivity index (χ0n) is 3.92. The van der Waals surface area contributed by atoms with Crippen molar-refractivity contribution in [2.45, 2.75) is 0 Å². The first kappa shape index (κ1) is 4.18. The molecule has 0 saturated carbocycles. The average molecular weight is 99.1 g/mol. The molecule has 0 aromatic carbocycles. The van der Waals surface area contributed by atoms with Crippen molar-refractivity contribution < 1.29 is 9.15 Å². The minimum absolute atomic E-state index is 0.514. The van der Waals surface area contributed by atoms with Crippen molar-refractivity contribution in [3.63, 3.8) is 0 Å². The van der Waals surface area contributed by atoms with Crippen molar-refractivity contribution in [1.82, 2.24) is 4.98 Å². The lowest BCUT2D eigenvalue weighted by atomic mass is 10.9. The molecule has 3 heteroatoms. The lowest BCUT2D eigenvalue weighted by molar-refractivity contribution is 0.395. The van der Waals surface area contributed by atoms with Gasteiger partial charge in [-0.2, -0.15) is 4.98 Å². The van der Waals surface area contributed by atoms with Crippen molar-refractivity contribution in [3.8, 4) is 5.88 Å². The number of rotatable bonds is 1. The van der Waals surface area contributed by atoms with E-state index in [9.17, 15) is 0 Å². The van der Waals surface area contributed by atoms with Gasteiger partial charge in [0.25, 0.3) is 5.88 Å². The summed E-state index contributed by atoms with van der Waals surface area (Å²) in [4.78, 5) is 3.65. The zero-order valence-corrected chi connectivity index (χ0v) is 3.92. The summed E-state index contributed by atoms with van der Waals surface area (Å²) in [6, 6.07) is 0. The zero-order chi connectivity index (χ0) is 5.11. The Morgan fingerprint density at radius 2 is 2.71 bits per heavy atom. The van der Waals surface area contributed by atoms with Gasteiger partial charge in [-0.25, -0.2) is 0 Å². The number of aromatic nitrogens is 1. The van der Waals surface area contributed by atoms with Crippen LogP contribution in [0.15, 0.2) is 17.1 Å². The van der Waals surface area contributed by atoms with Gasteiger partial charge in [-0.1, -0.05) is 0 Å². The quantitative estimate of drug-likeness (QED) is 0.519. The van der Waals surface area contributed by atoms with Crippen molar-refractivity contribution in [2.75, 3.05) is 7.11 Å². The van der Waals surface area contributed by atoms with Gasteiger partial charge in [0.05, 0.1) is 7.11 Å². The highest BCUT2D eigenvalue weighted by molar-refractivity contribution is 4.96. The summed E-state index contributed by atoms with van der Waals surface area (Å²) in [6.45, 7) is 0. The Labute approximate surface area is 40.9 Å². The Balaban J connectivity index is 2.76. The minimum atomic E-state index is 0.514.